The molecule has 5 heteroatoms. The van der Waals surface area contributed by atoms with E-state index in [-0.39, 0.29) is 7.92 Å². The molecule has 0 radical (unpaired) electrons. The summed E-state index contributed by atoms with van der Waals surface area (Å²) in [4.78, 5) is 0. The third-order valence-corrected chi connectivity index (χ3v) is 12.9. The predicted octanol–water partition coefficient (Wildman–Crippen LogP) is 5.55. The van der Waals surface area contributed by atoms with Gasteiger partial charge in [0.05, 0.1) is 42.3 Å². The Kier molecular flexibility index (Phi) is 12.9. The van der Waals surface area contributed by atoms with E-state index in [0.29, 0.717) is 0 Å². The normalized spacial score (nSPS) is 11.8. The van der Waals surface area contributed by atoms with Crippen molar-refractivity contribution in [3.63, 3.8) is 0 Å². The fourth-order valence-electron chi connectivity index (χ4n) is 3.50. The maximum atomic E-state index is 4.49. The van der Waals surface area contributed by atoms with Crippen LogP contribution in [0.1, 0.15) is 0 Å². The number of hydrogen-bond acceptors (Lipinski definition) is 0. The van der Waals surface area contributed by atoms with Gasteiger partial charge in [0.1, 0.15) is 6.16 Å². The Bertz CT molecular complexity index is 745. The Morgan fingerprint density at radius 1 is 0.552 bits per heavy atom. The van der Waals surface area contributed by atoms with E-state index in [1.807, 2.05) is 0 Å². The molecular formula is C24H32ClP3Pd+4. The van der Waals surface area contributed by atoms with Crippen LogP contribution in [0, 0.1) is 0 Å². The molecule has 3 rings (SSSR count). The molecule has 156 valence electrons. The van der Waals surface area contributed by atoms with Gasteiger partial charge in [-0.25, -0.2) is 0 Å². The molecule has 0 aromatic heterocycles. The molecule has 1 unspecified atom stereocenters. The van der Waals surface area contributed by atoms with Gasteiger partial charge in [-0.1, -0.05) is 54.6 Å². The second-order valence-corrected chi connectivity index (χ2v) is 15.7. The van der Waals surface area contributed by atoms with Gasteiger partial charge in [0, 0.05) is 21.3 Å². The summed E-state index contributed by atoms with van der Waals surface area (Å²) in [6, 6.07) is 33.8. The molecule has 0 amide bonds. The Hall–Kier alpha value is -0.0977. The Morgan fingerprint density at radius 3 is 1.34 bits per heavy atom. The molecule has 0 aliphatic carbocycles. The van der Waals surface area contributed by atoms with Crippen LogP contribution in [0.3, 0.4) is 0 Å². The van der Waals surface area contributed by atoms with Gasteiger partial charge in [0.2, 0.25) is 0 Å². The minimum atomic E-state index is -0.706. The summed E-state index contributed by atoms with van der Waals surface area (Å²) in [6.45, 7) is 4.91. The molecule has 0 spiro atoms. The average molecular weight is 555 g/mol. The number of rotatable bonds is 9. The fraction of sp³-hybridized carbons (Fsp3) is 0.250. The van der Waals surface area contributed by atoms with Crippen molar-refractivity contribution in [2.45, 2.75) is 0 Å². The molecular weight excluding hydrogens is 523 g/mol. The Labute approximate surface area is 195 Å². The fourth-order valence-corrected chi connectivity index (χ4v) is 12.5. The van der Waals surface area contributed by atoms with Gasteiger partial charge in [-0.2, -0.15) is 0 Å². The zero-order valence-electron chi connectivity index (χ0n) is 17.2. The van der Waals surface area contributed by atoms with E-state index in [0.717, 1.165) is 0 Å². The van der Waals surface area contributed by atoms with Crippen LogP contribution in [0.4, 0.5) is 0 Å². The van der Waals surface area contributed by atoms with Crippen molar-refractivity contribution >= 4 is 49.2 Å². The van der Waals surface area contributed by atoms with Crippen LogP contribution in [-0.4, -0.2) is 38.0 Å². The van der Waals surface area contributed by atoms with Gasteiger partial charge >= 0.3 is 27.7 Å². The second kappa shape index (κ2) is 14.8. The quantitative estimate of drug-likeness (QED) is 0.240. The van der Waals surface area contributed by atoms with Crippen LogP contribution in [0.5, 0.6) is 0 Å². The zero-order chi connectivity index (χ0) is 20.9. The molecule has 0 saturated carbocycles. The molecule has 0 N–H and O–H groups in total. The first-order valence-corrected chi connectivity index (χ1v) is 18.3. The van der Waals surface area contributed by atoms with E-state index in [4.69, 9.17) is 0 Å². The molecule has 3 aromatic carbocycles. The Morgan fingerprint density at radius 2 is 0.931 bits per heavy atom. The van der Waals surface area contributed by atoms with Crippen LogP contribution in [0.15, 0.2) is 91.0 Å². The SMILES string of the molecule is C[PH+](C)CC[PH+](CC[PH+](c1ccccc1)c1ccccc1)c1ccccc1.[Cl][Pd+]. The molecule has 0 heterocycles. The van der Waals surface area contributed by atoms with Crippen LogP contribution < -0.4 is 15.9 Å². The Balaban J connectivity index is 0.00000145. The van der Waals surface area contributed by atoms with Gasteiger partial charge in [0.15, 0.2) is 0 Å². The zero-order valence-corrected chi connectivity index (χ0v) is 22.5. The summed E-state index contributed by atoms with van der Waals surface area (Å²) >= 11 is 2.22. The monoisotopic (exact) mass is 554 g/mol. The maximum absolute atomic E-state index is 4.49. The minimum absolute atomic E-state index is 0.144. The summed E-state index contributed by atoms with van der Waals surface area (Å²) in [7, 11) is 3.16. The summed E-state index contributed by atoms with van der Waals surface area (Å²) in [5, 5.41) is 4.74. The number of halogens is 1. The average Bonchev–Trinajstić information content (AvgIpc) is 2.79. The third-order valence-electron chi connectivity index (χ3n) is 5.03. The molecule has 0 saturated heterocycles. The van der Waals surface area contributed by atoms with Crippen molar-refractivity contribution in [2.24, 2.45) is 0 Å². The van der Waals surface area contributed by atoms with Gasteiger partial charge in [-0.15, -0.1) is 0 Å². The van der Waals surface area contributed by atoms with Crippen LogP contribution >= 0.6 is 33.3 Å². The van der Waals surface area contributed by atoms with E-state index in [2.05, 4.69) is 132 Å². The molecule has 0 bridgehead atoms. The molecule has 29 heavy (non-hydrogen) atoms. The van der Waals surface area contributed by atoms with Crippen molar-refractivity contribution in [1.82, 2.24) is 0 Å². The van der Waals surface area contributed by atoms with Gasteiger partial charge < -0.3 is 0 Å². The van der Waals surface area contributed by atoms with Crippen molar-refractivity contribution in [3.05, 3.63) is 91.0 Å². The van der Waals surface area contributed by atoms with E-state index < -0.39 is 15.8 Å². The van der Waals surface area contributed by atoms with Crippen molar-refractivity contribution < 1.29 is 18.2 Å². The molecule has 0 aliphatic rings. The van der Waals surface area contributed by atoms with Gasteiger partial charge in [-0.05, 0) is 44.3 Å². The van der Waals surface area contributed by atoms with E-state index in [1.54, 1.807) is 15.9 Å². The standard InChI is InChI=1S/C24H29P3.ClH.Pd/c1-25(2)18-19-26(22-12-6-3-7-13-22)20-21-27(23-14-8-4-9-15-23)24-16-10-5-11-17-24;;/h3-17H,18-21H2,1-2H3;1H;/q;;+2/p+2. The molecule has 0 fully saturated rings. The van der Waals surface area contributed by atoms with Crippen LogP contribution in [-0.2, 0) is 18.2 Å². The first-order chi connectivity index (χ1) is 14.2. The predicted molar refractivity (Wildman–Crippen MR) is 140 cm³/mol. The van der Waals surface area contributed by atoms with E-state index >= 15 is 0 Å². The molecule has 0 aliphatic heterocycles. The van der Waals surface area contributed by atoms with Crippen molar-refractivity contribution in [2.75, 3.05) is 38.0 Å². The molecule has 0 nitrogen and oxygen atoms in total. The van der Waals surface area contributed by atoms with Crippen LogP contribution in [0.25, 0.3) is 0 Å². The van der Waals surface area contributed by atoms with Gasteiger partial charge in [-0.3, -0.25) is 0 Å². The van der Waals surface area contributed by atoms with Crippen molar-refractivity contribution in [1.29, 1.82) is 0 Å². The molecule has 1 atom stereocenters. The summed E-state index contributed by atoms with van der Waals surface area (Å²) in [5.41, 5.74) is 0. The van der Waals surface area contributed by atoms with E-state index in [1.165, 1.54) is 24.6 Å². The first kappa shape index (κ1) is 25.2. The third kappa shape index (κ3) is 8.88. The summed E-state index contributed by atoms with van der Waals surface area (Å²) in [5.74, 6) is 0. The first-order valence-electron chi connectivity index (χ1n) is 10.0. The summed E-state index contributed by atoms with van der Waals surface area (Å²) < 4.78 is 0. The van der Waals surface area contributed by atoms with Gasteiger partial charge in [0.25, 0.3) is 0 Å². The van der Waals surface area contributed by atoms with E-state index in [9.17, 15) is 0 Å². The topological polar surface area (TPSA) is 0 Å². The molecule has 3 aromatic rings. The second-order valence-electron chi connectivity index (χ2n) is 7.39. The number of benzene rings is 3. The van der Waals surface area contributed by atoms with Crippen LogP contribution in [0.2, 0.25) is 0 Å². The summed E-state index contributed by atoms with van der Waals surface area (Å²) in [6.07, 6.45) is 5.63. The number of hydrogen-bond donors (Lipinski definition) is 0. The van der Waals surface area contributed by atoms with Crippen molar-refractivity contribution in [3.8, 4) is 0 Å².